The van der Waals surface area contributed by atoms with Crippen molar-refractivity contribution in [2.24, 2.45) is 5.92 Å². The van der Waals surface area contributed by atoms with Gasteiger partial charge in [0.25, 0.3) is 5.91 Å². The van der Waals surface area contributed by atoms with Gasteiger partial charge >= 0.3 is 5.97 Å². The van der Waals surface area contributed by atoms with E-state index in [2.05, 4.69) is 9.55 Å². The van der Waals surface area contributed by atoms with Crippen LogP contribution in [0.1, 0.15) is 41.9 Å². The highest BCUT2D eigenvalue weighted by Crippen LogP contribution is 2.25. The van der Waals surface area contributed by atoms with Crippen LogP contribution in [0.25, 0.3) is 16.7 Å². The number of para-hydroxylation sites is 1. The third-order valence-corrected chi connectivity index (χ3v) is 5.66. The Morgan fingerprint density at radius 1 is 1.17 bits per heavy atom. The van der Waals surface area contributed by atoms with Gasteiger partial charge in [0.05, 0.1) is 11.0 Å². The second-order valence-corrected chi connectivity index (χ2v) is 7.73. The number of hydrogen-bond acceptors (Lipinski definition) is 3. The number of carboxylic acid groups (broad SMARTS) is 1. The van der Waals surface area contributed by atoms with Crippen molar-refractivity contribution >= 4 is 22.9 Å². The first kappa shape index (κ1) is 19.2. The van der Waals surface area contributed by atoms with E-state index in [9.17, 15) is 9.59 Å². The average molecular weight is 391 g/mol. The van der Waals surface area contributed by atoms with Gasteiger partial charge in [-0.05, 0) is 62.4 Å². The molecule has 1 saturated heterocycles. The summed E-state index contributed by atoms with van der Waals surface area (Å²) in [5, 5.41) is 8.92. The van der Waals surface area contributed by atoms with Gasteiger partial charge in [-0.2, -0.15) is 0 Å². The molecule has 6 nitrogen and oxygen atoms in total. The maximum atomic E-state index is 13.1. The molecule has 0 radical (unpaired) electrons. The minimum absolute atomic E-state index is 0.00107. The highest BCUT2D eigenvalue weighted by Gasteiger charge is 2.25. The zero-order valence-electron chi connectivity index (χ0n) is 16.5. The molecule has 1 fully saturated rings. The summed E-state index contributed by atoms with van der Waals surface area (Å²) in [5.41, 5.74) is 3.46. The Bertz CT molecular complexity index is 1040. The van der Waals surface area contributed by atoms with Crippen LogP contribution in [0.15, 0.2) is 48.5 Å². The van der Waals surface area contributed by atoms with Crippen LogP contribution < -0.4 is 0 Å². The Labute approximate surface area is 169 Å². The Morgan fingerprint density at radius 2 is 1.97 bits per heavy atom. The summed E-state index contributed by atoms with van der Waals surface area (Å²) < 4.78 is 2.09. The first-order chi connectivity index (χ1) is 14.0. The van der Waals surface area contributed by atoms with E-state index < -0.39 is 5.97 Å². The van der Waals surface area contributed by atoms with Crippen LogP contribution in [0.4, 0.5) is 0 Å². The van der Waals surface area contributed by atoms with Crippen LogP contribution in [-0.2, 0) is 4.79 Å². The highest BCUT2D eigenvalue weighted by atomic mass is 16.4. The van der Waals surface area contributed by atoms with Crippen LogP contribution in [-0.4, -0.2) is 44.5 Å². The molecule has 0 spiro atoms. The topological polar surface area (TPSA) is 75.4 Å². The number of aromatic nitrogens is 2. The maximum absolute atomic E-state index is 13.1. The molecule has 29 heavy (non-hydrogen) atoms. The number of carbonyl (C=O) groups is 2. The van der Waals surface area contributed by atoms with Crippen molar-refractivity contribution in [1.82, 2.24) is 14.5 Å². The van der Waals surface area contributed by atoms with Gasteiger partial charge in [0.2, 0.25) is 0 Å². The fourth-order valence-electron chi connectivity index (χ4n) is 4.23. The summed E-state index contributed by atoms with van der Waals surface area (Å²) in [4.78, 5) is 30.4. The summed E-state index contributed by atoms with van der Waals surface area (Å²) >= 11 is 0. The molecular weight excluding hydrogens is 366 g/mol. The maximum Gasteiger partial charge on any atom is 0.303 e. The predicted octanol–water partition coefficient (Wildman–Crippen LogP) is 4.05. The summed E-state index contributed by atoms with van der Waals surface area (Å²) in [5.74, 6) is 0.358. The van der Waals surface area contributed by atoms with Crippen molar-refractivity contribution in [2.45, 2.75) is 32.6 Å². The molecule has 0 saturated carbocycles. The number of amides is 1. The van der Waals surface area contributed by atoms with E-state index in [1.165, 1.54) is 0 Å². The Kier molecular flexibility index (Phi) is 5.34. The van der Waals surface area contributed by atoms with Crippen LogP contribution in [0.3, 0.4) is 0 Å². The molecule has 2 heterocycles. The lowest BCUT2D eigenvalue weighted by atomic mass is 9.93. The second-order valence-electron chi connectivity index (χ2n) is 7.73. The number of aryl methyl sites for hydroxylation is 1. The molecule has 0 bridgehead atoms. The average Bonchev–Trinajstić information content (AvgIpc) is 3.07. The molecule has 2 aromatic carbocycles. The van der Waals surface area contributed by atoms with E-state index in [1.807, 2.05) is 60.4 Å². The Hall–Kier alpha value is -3.15. The normalized spacial score (nSPS) is 16.9. The zero-order chi connectivity index (χ0) is 20.4. The number of carbonyl (C=O) groups excluding carboxylic acids is 1. The fourth-order valence-corrected chi connectivity index (χ4v) is 4.23. The number of piperidine rings is 1. The highest BCUT2D eigenvalue weighted by molar-refractivity contribution is 5.97. The summed E-state index contributed by atoms with van der Waals surface area (Å²) in [7, 11) is 0. The Morgan fingerprint density at radius 3 is 2.72 bits per heavy atom. The first-order valence-electron chi connectivity index (χ1n) is 10.1. The molecule has 1 amide bonds. The summed E-state index contributed by atoms with van der Waals surface area (Å²) in [6, 6.07) is 15.7. The first-order valence-corrected chi connectivity index (χ1v) is 10.1. The van der Waals surface area contributed by atoms with Crippen LogP contribution in [0.2, 0.25) is 0 Å². The van der Waals surface area contributed by atoms with Crippen molar-refractivity contribution in [3.05, 3.63) is 59.9 Å². The zero-order valence-corrected chi connectivity index (χ0v) is 16.5. The van der Waals surface area contributed by atoms with Gasteiger partial charge in [-0.3, -0.25) is 14.2 Å². The molecule has 150 valence electrons. The van der Waals surface area contributed by atoms with Gasteiger partial charge < -0.3 is 10.0 Å². The number of imidazole rings is 1. The second kappa shape index (κ2) is 8.07. The monoisotopic (exact) mass is 391 g/mol. The SMILES string of the molecule is Cc1nc2cc(C(=O)N3CCCC(CCC(=O)O)C3)ccc2n1-c1ccccc1. The van der Waals surface area contributed by atoms with E-state index in [-0.39, 0.29) is 18.2 Å². The molecule has 1 aliphatic rings. The van der Waals surface area contributed by atoms with Crippen molar-refractivity contribution in [2.75, 3.05) is 13.1 Å². The van der Waals surface area contributed by atoms with E-state index >= 15 is 0 Å². The van der Waals surface area contributed by atoms with Crippen molar-refractivity contribution < 1.29 is 14.7 Å². The molecular formula is C23H25N3O3. The molecule has 4 rings (SSSR count). The van der Waals surface area contributed by atoms with Crippen LogP contribution in [0.5, 0.6) is 0 Å². The van der Waals surface area contributed by atoms with Gasteiger partial charge in [0, 0.05) is 30.8 Å². The van der Waals surface area contributed by atoms with E-state index in [1.54, 1.807) is 0 Å². The number of carboxylic acids is 1. The molecule has 3 aromatic rings. The van der Waals surface area contributed by atoms with Crippen LogP contribution >= 0.6 is 0 Å². The third-order valence-electron chi connectivity index (χ3n) is 5.66. The lowest BCUT2D eigenvalue weighted by Gasteiger charge is -2.32. The number of rotatable bonds is 5. The molecule has 1 N–H and O–H groups in total. The predicted molar refractivity (Wildman–Crippen MR) is 111 cm³/mol. The molecule has 1 aliphatic heterocycles. The van der Waals surface area contributed by atoms with Gasteiger partial charge in [0.1, 0.15) is 5.82 Å². The smallest absolute Gasteiger partial charge is 0.303 e. The van der Waals surface area contributed by atoms with Gasteiger partial charge in [-0.25, -0.2) is 4.98 Å². The molecule has 6 heteroatoms. The number of nitrogens with zero attached hydrogens (tertiary/aromatic N) is 3. The number of benzene rings is 2. The fraction of sp³-hybridized carbons (Fsp3) is 0.348. The lowest BCUT2D eigenvalue weighted by molar-refractivity contribution is -0.137. The molecule has 1 aromatic heterocycles. The molecule has 0 aliphatic carbocycles. The minimum Gasteiger partial charge on any atom is -0.481 e. The standard InChI is InChI=1S/C23H25N3O3/c1-16-24-20-14-18(10-11-21(20)26(16)19-7-3-2-4-8-19)23(29)25-13-5-6-17(15-25)9-12-22(27)28/h2-4,7-8,10-11,14,17H,5-6,9,12-13,15H2,1H3,(H,27,28). The Balaban J connectivity index is 1.57. The van der Waals surface area contributed by atoms with E-state index in [4.69, 9.17) is 5.11 Å². The summed E-state index contributed by atoms with van der Waals surface area (Å²) in [6.07, 6.45) is 2.68. The van der Waals surface area contributed by atoms with Gasteiger partial charge in [0.15, 0.2) is 0 Å². The lowest BCUT2D eigenvalue weighted by Crippen LogP contribution is -2.40. The molecule has 1 atom stereocenters. The van der Waals surface area contributed by atoms with Crippen molar-refractivity contribution in [1.29, 1.82) is 0 Å². The largest absolute Gasteiger partial charge is 0.481 e. The number of aliphatic carboxylic acids is 1. The minimum atomic E-state index is -0.775. The van der Waals surface area contributed by atoms with Crippen molar-refractivity contribution in [3.8, 4) is 5.69 Å². The number of likely N-dealkylation sites (tertiary alicyclic amines) is 1. The van der Waals surface area contributed by atoms with E-state index in [0.29, 0.717) is 18.5 Å². The van der Waals surface area contributed by atoms with Gasteiger partial charge in [-0.1, -0.05) is 18.2 Å². The third kappa shape index (κ3) is 4.01. The quantitative estimate of drug-likeness (QED) is 0.712. The van der Waals surface area contributed by atoms with Gasteiger partial charge in [-0.15, -0.1) is 0 Å². The number of fused-ring (bicyclic) bond motifs is 1. The van der Waals surface area contributed by atoms with Crippen LogP contribution in [0, 0.1) is 12.8 Å². The molecule has 1 unspecified atom stereocenters. The summed E-state index contributed by atoms with van der Waals surface area (Å²) in [6.45, 7) is 3.31. The van der Waals surface area contributed by atoms with E-state index in [0.717, 1.165) is 41.9 Å². The number of hydrogen-bond donors (Lipinski definition) is 1. The van der Waals surface area contributed by atoms with Crippen molar-refractivity contribution in [3.63, 3.8) is 0 Å².